The Bertz CT molecular complexity index is 426. The summed E-state index contributed by atoms with van der Waals surface area (Å²) in [5, 5.41) is 3.12. The SMILES string of the molecule is NC1CC2CCCC(C1)C2NC(=O)C1CCCC(C(F)(F)F)C1. The van der Waals surface area contributed by atoms with Crippen molar-refractivity contribution in [2.45, 2.75) is 76.0 Å². The fourth-order valence-electron chi connectivity index (χ4n) is 5.03. The van der Waals surface area contributed by atoms with E-state index in [-0.39, 0.29) is 30.8 Å². The summed E-state index contributed by atoms with van der Waals surface area (Å²) >= 11 is 0. The largest absolute Gasteiger partial charge is 0.391 e. The Morgan fingerprint density at radius 3 is 2.17 bits per heavy atom. The van der Waals surface area contributed by atoms with Crippen molar-refractivity contribution in [3.63, 3.8) is 0 Å². The normalized spacial score (nSPS) is 41.4. The number of rotatable bonds is 2. The fourth-order valence-corrected chi connectivity index (χ4v) is 5.03. The molecule has 0 radical (unpaired) electrons. The Kier molecular flexibility index (Phi) is 4.90. The first kappa shape index (κ1) is 17.1. The molecule has 132 valence electrons. The van der Waals surface area contributed by atoms with Gasteiger partial charge >= 0.3 is 6.18 Å². The Labute approximate surface area is 135 Å². The van der Waals surface area contributed by atoms with Crippen LogP contribution in [0.1, 0.15) is 57.8 Å². The lowest BCUT2D eigenvalue weighted by Crippen LogP contribution is -2.55. The lowest BCUT2D eigenvalue weighted by Gasteiger charge is -2.45. The maximum absolute atomic E-state index is 12.9. The molecule has 3 nitrogen and oxygen atoms in total. The van der Waals surface area contributed by atoms with E-state index in [1.54, 1.807) is 0 Å². The van der Waals surface area contributed by atoms with Crippen molar-refractivity contribution in [3.8, 4) is 0 Å². The zero-order valence-electron chi connectivity index (χ0n) is 13.4. The molecule has 0 spiro atoms. The van der Waals surface area contributed by atoms with E-state index in [1.807, 2.05) is 0 Å². The van der Waals surface area contributed by atoms with Gasteiger partial charge in [-0.2, -0.15) is 13.2 Å². The molecular formula is C17H27F3N2O. The molecule has 1 amide bonds. The molecule has 23 heavy (non-hydrogen) atoms. The number of amides is 1. The molecular weight excluding hydrogens is 305 g/mol. The van der Waals surface area contributed by atoms with Crippen LogP contribution in [0.3, 0.4) is 0 Å². The van der Waals surface area contributed by atoms with Gasteiger partial charge in [-0.1, -0.05) is 12.8 Å². The average molecular weight is 332 g/mol. The van der Waals surface area contributed by atoms with Gasteiger partial charge in [-0.3, -0.25) is 4.79 Å². The minimum absolute atomic E-state index is 0.0447. The standard InChI is InChI=1S/C17H27F3N2O/c18-17(19,20)13-6-2-5-12(7-13)16(23)22-15-10-3-1-4-11(15)9-14(21)8-10/h10-15H,1-9,21H2,(H,22,23). The van der Waals surface area contributed by atoms with Gasteiger partial charge in [-0.15, -0.1) is 0 Å². The number of carbonyl (C=O) groups excluding carboxylic acids is 1. The van der Waals surface area contributed by atoms with Gasteiger partial charge in [0.25, 0.3) is 0 Å². The topological polar surface area (TPSA) is 55.1 Å². The third-order valence-corrected chi connectivity index (χ3v) is 6.19. The molecule has 3 aliphatic carbocycles. The molecule has 4 unspecified atom stereocenters. The van der Waals surface area contributed by atoms with Crippen molar-refractivity contribution in [2.24, 2.45) is 29.4 Å². The highest BCUT2D eigenvalue weighted by atomic mass is 19.4. The third kappa shape index (κ3) is 3.83. The van der Waals surface area contributed by atoms with Crippen molar-refractivity contribution in [1.82, 2.24) is 5.32 Å². The number of nitrogens with one attached hydrogen (secondary N) is 1. The highest BCUT2D eigenvalue weighted by molar-refractivity contribution is 5.79. The summed E-state index contributed by atoms with van der Waals surface area (Å²) < 4.78 is 38.8. The van der Waals surface area contributed by atoms with Crippen LogP contribution < -0.4 is 11.1 Å². The van der Waals surface area contributed by atoms with Gasteiger partial charge in [0.05, 0.1) is 5.92 Å². The van der Waals surface area contributed by atoms with Gasteiger partial charge in [-0.25, -0.2) is 0 Å². The van der Waals surface area contributed by atoms with Crippen LogP contribution in [0.15, 0.2) is 0 Å². The number of hydrogen-bond acceptors (Lipinski definition) is 2. The predicted molar refractivity (Wildman–Crippen MR) is 81.5 cm³/mol. The zero-order valence-corrected chi connectivity index (χ0v) is 13.4. The van der Waals surface area contributed by atoms with E-state index >= 15 is 0 Å². The zero-order chi connectivity index (χ0) is 16.6. The van der Waals surface area contributed by atoms with Gasteiger partial charge in [0.1, 0.15) is 0 Å². The first-order valence-electron chi connectivity index (χ1n) is 8.97. The Morgan fingerprint density at radius 1 is 0.957 bits per heavy atom. The Balaban J connectivity index is 1.60. The van der Waals surface area contributed by atoms with Crippen LogP contribution >= 0.6 is 0 Å². The average Bonchev–Trinajstić information content (AvgIpc) is 2.47. The molecule has 3 aliphatic rings. The summed E-state index contributed by atoms with van der Waals surface area (Å²) in [7, 11) is 0. The second kappa shape index (κ2) is 6.61. The van der Waals surface area contributed by atoms with Crippen molar-refractivity contribution >= 4 is 5.91 Å². The summed E-state index contributed by atoms with van der Waals surface area (Å²) in [4.78, 5) is 12.5. The summed E-state index contributed by atoms with van der Waals surface area (Å²) in [5.41, 5.74) is 6.09. The van der Waals surface area contributed by atoms with E-state index in [1.165, 1.54) is 6.42 Å². The first-order valence-corrected chi connectivity index (χ1v) is 8.97. The second-order valence-electron chi connectivity index (χ2n) is 7.82. The highest BCUT2D eigenvalue weighted by Gasteiger charge is 2.45. The number of alkyl halides is 3. The Hall–Kier alpha value is -0.780. The molecule has 2 bridgehead atoms. The van der Waals surface area contributed by atoms with Crippen molar-refractivity contribution in [2.75, 3.05) is 0 Å². The lowest BCUT2D eigenvalue weighted by molar-refractivity contribution is -0.186. The molecule has 0 heterocycles. The first-order chi connectivity index (χ1) is 10.8. The van der Waals surface area contributed by atoms with E-state index in [4.69, 9.17) is 5.73 Å². The molecule has 3 rings (SSSR count). The number of carbonyl (C=O) groups is 1. The molecule has 3 saturated carbocycles. The summed E-state index contributed by atoms with van der Waals surface area (Å²) in [6.45, 7) is 0. The van der Waals surface area contributed by atoms with Crippen LogP contribution in [0, 0.1) is 23.7 Å². The summed E-state index contributed by atoms with van der Waals surface area (Å²) in [6.07, 6.45) is 2.20. The molecule has 0 aliphatic heterocycles. The van der Waals surface area contributed by atoms with Gasteiger partial charge < -0.3 is 11.1 Å². The van der Waals surface area contributed by atoms with Gasteiger partial charge in [-0.05, 0) is 56.8 Å². The lowest BCUT2D eigenvalue weighted by atomic mass is 9.66. The maximum atomic E-state index is 12.9. The minimum atomic E-state index is -4.17. The van der Waals surface area contributed by atoms with Gasteiger partial charge in [0.15, 0.2) is 0 Å². The third-order valence-electron chi connectivity index (χ3n) is 6.19. The Morgan fingerprint density at radius 2 is 1.57 bits per heavy atom. The van der Waals surface area contributed by atoms with Gasteiger partial charge in [0.2, 0.25) is 5.91 Å². The molecule has 3 N–H and O–H groups in total. The van der Waals surface area contributed by atoms with Crippen LogP contribution in [-0.4, -0.2) is 24.2 Å². The monoisotopic (exact) mass is 332 g/mol. The minimum Gasteiger partial charge on any atom is -0.353 e. The number of fused-ring (bicyclic) bond motifs is 2. The summed E-state index contributed by atoms with van der Waals surface area (Å²) in [5.74, 6) is -1.14. The van der Waals surface area contributed by atoms with Crippen LogP contribution in [-0.2, 0) is 4.79 Å². The molecule has 6 heteroatoms. The number of halogens is 3. The van der Waals surface area contributed by atoms with E-state index in [0.29, 0.717) is 24.7 Å². The van der Waals surface area contributed by atoms with E-state index < -0.39 is 18.0 Å². The number of nitrogens with two attached hydrogens (primary N) is 1. The molecule has 0 aromatic rings. The fraction of sp³-hybridized carbons (Fsp3) is 0.941. The molecule has 0 aromatic heterocycles. The van der Waals surface area contributed by atoms with Crippen LogP contribution in [0.4, 0.5) is 13.2 Å². The van der Waals surface area contributed by atoms with Crippen molar-refractivity contribution < 1.29 is 18.0 Å². The van der Waals surface area contributed by atoms with E-state index in [2.05, 4.69) is 5.32 Å². The quantitative estimate of drug-likeness (QED) is 0.814. The highest BCUT2D eigenvalue weighted by Crippen LogP contribution is 2.42. The van der Waals surface area contributed by atoms with Crippen molar-refractivity contribution in [3.05, 3.63) is 0 Å². The van der Waals surface area contributed by atoms with Crippen LogP contribution in [0.5, 0.6) is 0 Å². The predicted octanol–water partition coefficient (Wildman–Crippen LogP) is 3.38. The molecule has 4 atom stereocenters. The van der Waals surface area contributed by atoms with E-state index in [9.17, 15) is 18.0 Å². The molecule has 0 saturated heterocycles. The summed E-state index contributed by atoms with van der Waals surface area (Å²) in [6, 6.07) is 0.338. The molecule has 3 fully saturated rings. The van der Waals surface area contributed by atoms with Crippen LogP contribution in [0.25, 0.3) is 0 Å². The van der Waals surface area contributed by atoms with Crippen LogP contribution in [0.2, 0.25) is 0 Å². The van der Waals surface area contributed by atoms with E-state index in [0.717, 1.165) is 25.7 Å². The smallest absolute Gasteiger partial charge is 0.353 e. The number of hydrogen-bond donors (Lipinski definition) is 2. The second-order valence-corrected chi connectivity index (χ2v) is 7.82. The van der Waals surface area contributed by atoms with Gasteiger partial charge in [0, 0.05) is 18.0 Å². The van der Waals surface area contributed by atoms with Crippen molar-refractivity contribution in [1.29, 1.82) is 0 Å². The molecule has 0 aromatic carbocycles. The maximum Gasteiger partial charge on any atom is 0.391 e.